The predicted octanol–water partition coefficient (Wildman–Crippen LogP) is 8.65. The summed E-state index contributed by atoms with van der Waals surface area (Å²) < 4.78 is 135. The number of benzene rings is 3. The number of nitrogens with zero attached hydrogens (tertiary/aromatic N) is 1. The van der Waals surface area contributed by atoms with E-state index in [-0.39, 0.29) is 23.3 Å². The second-order valence-electron chi connectivity index (χ2n) is 8.31. The molecule has 0 heterocycles. The minimum absolute atomic E-state index is 0.0232. The van der Waals surface area contributed by atoms with E-state index in [0.29, 0.717) is 0 Å². The Bertz CT molecular complexity index is 1560. The molecule has 0 bridgehead atoms. The van der Waals surface area contributed by atoms with Crippen molar-refractivity contribution in [2.75, 3.05) is 10.6 Å². The SMILES string of the molecule is N#Cc1ccc(C(=O)Nc2cccc(C(=O)Nc3c(Br)cc(C(F)(C(F)(F)F)C(F)(F)C(F)(F)F)cc3Br)c2F)cc1. The van der Waals surface area contributed by atoms with Crippen LogP contribution in [0.15, 0.2) is 63.5 Å². The maximum absolute atomic E-state index is 15.1. The molecule has 42 heavy (non-hydrogen) atoms. The van der Waals surface area contributed by atoms with Gasteiger partial charge >= 0.3 is 23.9 Å². The van der Waals surface area contributed by atoms with Gasteiger partial charge in [0.2, 0.25) is 0 Å². The number of alkyl halides is 9. The van der Waals surface area contributed by atoms with E-state index in [9.17, 15) is 49.1 Å². The molecular formula is C25H11Br2F10N3O2. The van der Waals surface area contributed by atoms with E-state index in [4.69, 9.17) is 5.26 Å². The van der Waals surface area contributed by atoms with Gasteiger partial charge < -0.3 is 10.6 Å². The summed E-state index contributed by atoms with van der Waals surface area (Å²) in [6.45, 7) is 0. The summed E-state index contributed by atoms with van der Waals surface area (Å²) in [5, 5.41) is 13.0. The van der Waals surface area contributed by atoms with Crippen molar-refractivity contribution in [1.29, 1.82) is 5.26 Å². The number of hydrogen-bond donors (Lipinski definition) is 2. The van der Waals surface area contributed by atoms with Crippen molar-refractivity contribution in [3.8, 4) is 6.07 Å². The molecule has 2 N–H and O–H groups in total. The van der Waals surface area contributed by atoms with Crippen LogP contribution >= 0.6 is 31.9 Å². The average molecular weight is 735 g/mol. The summed E-state index contributed by atoms with van der Waals surface area (Å²) in [5.41, 5.74) is -9.95. The third-order valence-electron chi connectivity index (χ3n) is 5.63. The van der Waals surface area contributed by atoms with Crippen LogP contribution in [0.5, 0.6) is 0 Å². The van der Waals surface area contributed by atoms with Gasteiger partial charge in [0, 0.05) is 20.1 Å². The molecule has 0 radical (unpaired) electrons. The smallest absolute Gasteiger partial charge is 0.320 e. The molecular weight excluding hydrogens is 724 g/mol. The number of nitriles is 1. The van der Waals surface area contributed by atoms with Crippen molar-refractivity contribution in [3.63, 3.8) is 0 Å². The molecule has 5 nitrogen and oxygen atoms in total. The lowest BCUT2D eigenvalue weighted by Gasteiger charge is -2.36. The Morgan fingerprint density at radius 1 is 0.762 bits per heavy atom. The number of anilines is 2. The van der Waals surface area contributed by atoms with Crippen molar-refractivity contribution in [1.82, 2.24) is 0 Å². The lowest BCUT2D eigenvalue weighted by molar-refractivity contribution is -0.389. The fraction of sp³-hybridized carbons (Fsp3) is 0.160. The van der Waals surface area contributed by atoms with Crippen LogP contribution in [0.2, 0.25) is 0 Å². The van der Waals surface area contributed by atoms with Crippen LogP contribution in [0.3, 0.4) is 0 Å². The van der Waals surface area contributed by atoms with Crippen LogP contribution in [0.25, 0.3) is 0 Å². The Hall–Kier alpha value is -3.65. The molecule has 2 amide bonds. The zero-order valence-corrected chi connectivity index (χ0v) is 23.2. The monoisotopic (exact) mass is 733 g/mol. The van der Waals surface area contributed by atoms with Gasteiger partial charge in [0.15, 0.2) is 5.82 Å². The van der Waals surface area contributed by atoms with Gasteiger partial charge in [0.25, 0.3) is 11.8 Å². The van der Waals surface area contributed by atoms with Crippen LogP contribution in [-0.2, 0) is 5.67 Å². The molecule has 0 aromatic heterocycles. The normalized spacial score (nSPS) is 13.6. The summed E-state index contributed by atoms with van der Waals surface area (Å²) in [6, 6.07) is 10.1. The zero-order valence-electron chi connectivity index (χ0n) is 20.0. The minimum Gasteiger partial charge on any atom is -0.320 e. The molecule has 0 saturated carbocycles. The quantitative estimate of drug-likeness (QED) is 0.249. The van der Waals surface area contributed by atoms with Gasteiger partial charge in [0.05, 0.1) is 28.6 Å². The average Bonchev–Trinajstić information content (AvgIpc) is 2.89. The molecule has 0 fully saturated rings. The van der Waals surface area contributed by atoms with Crippen molar-refractivity contribution >= 4 is 55.0 Å². The second kappa shape index (κ2) is 11.6. The summed E-state index contributed by atoms with van der Waals surface area (Å²) >= 11 is 5.20. The topological polar surface area (TPSA) is 82.0 Å². The first-order chi connectivity index (χ1) is 19.3. The highest BCUT2D eigenvalue weighted by atomic mass is 79.9. The van der Waals surface area contributed by atoms with Crippen LogP contribution in [-0.4, -0.2) is 30.1 Å². The van der Waals surface area contributed by atoms with Gasteiger partial charge in [-0.2, -0.15) is 40.4 Å². The van der Waals surface area contributed by atoms with Crippen molar-refractivity contribution in [3.05, 3.63) is 91.6 Å². The fourth-order valence-electron chi connectivity index (χ4n) is 3.49. The van der Waals surface area contributed by atoms with E-state index >= 15 is 4.39 Å². The van der Waals surface area contributed by atoms with E-state index < -0.39 is 73.0 Å². The molecule has 0 aliphatic rings. The van der Waals surface area contributed by atoms with Gasteiger partial charge in [0.1, 0.15) is 0 Å². The van der Waals surface area contributed by atoms with Crippen molar-refractivity contribution in [2.45, 2.75) is 23.9 Å². The van der Waals surface area contributed by atoms with Crippen LogP contribution in [0.1, 0.15) is 31.8 Å². The number of carbonyl (C=O) groups excluding carboxylic acids is 2. The van der Waals surface area contributed by atoms with Gasteiger partial charge in [-0.05, 0) is 80.4 Å². The maximum atomic E-state index is 15.1. The molecule has 222 valence electrons. The molecule has 3 aromatic carbocycles. The molecule has 0 saturated heterocycles. The van der Waals surface area contributed by atoms with E-state index in [2.05, 4.69) is 37.2 Å². The van der Waals surface area contributed by atoms with Crippen molar-refractivity contribution < 1.29 is 53.5 Å². The lowest BCUT2D eigenvalue weighted by atomic mass is 9.87. The molecule has 0 spiro atoms. The number of nitrogens with one attached hydrogen (secondary N) is 2. The van der Waals surface area contributed by atoms with E-state index in [1.165, 1.54) is 24.3 Å². The van der Waals surface area contributed by atoms with Crippen LogP contribution < -0.4 is 10.6 Å². The van der Waals surface area contributed by atoms with Gasteiger partial charge in [-0.15, -0.1) is 0 Å². The number of rotatable bonds is 6. The minimum atomic E-state index is -6.94. The van der Waals surface area contributed by atoms with Gasteiger partial charge in [-0.1, -0.05) is 6.07 Å². The predicted molar refractivity (Wildman–Crippen MR) is 135 cm³/mol. The van der Waals surface area contributed by atoms with E-state index in [1.54, 1.807) is 0 Å². The zero-order chi connectivity index (χ0) is 31.8. The Kier molecular flexibility index (Phi) is 9.04. The molecule has 3 aromatic rings. The van der Waals surface area contributed by atoms with E-state index in [0.717, 1.165) is 18.2 Å². The summed E-state index contributed by atoms with van der Waals surface area (Å²) in [5.74, 6) is -10.3. The third-order valence-corrected chi connectivity index (χ3v) is 6.88. The summed E-state index contributed by atoms with van der Waals surface area (Å²) in [6.07, 6.45) is -13.7. The molecule has 3 rings (SSSR count). The molecule has 0 aliphatic carbocycles. The standard InChI is InChI=1S/C25H11Br2F10N3O2/c26-15-8-13(22(29,24(32,33)34)23(30,31)25(35,36)37)9-16(27)19(15)40-21(42)14-2-1-3-17(18(14)28)39-20(41)12-6-4-11(10-38)5-7-12/h1-9H,(H,39,41)(H,40,42). The molecule has 1 atom stereocenters. The highest BCUT2D eigenvalue weighted by Gasteiger charge is 2.81. The van der Waals surface area contributed by atoms with Crippen LogP contribution in [0, 0.1) is 17.1 Å². The highest BCUT2D eigenvalue weighted by molar-refractivity contribution is 9.11. The number of amides is 2. The first kappa shape index (κ1) is 32.9. The Balaban J connectivity index is 1.95. The molecule has 17 heteroatoms. The Labute approximate surface area is 245 Å². The maximum Gasteiger partial charge on any atom is 0.457 e. The first-order valence-electron chi connectivity index (χ1n) is 10.9. The molecule has 0 aliphatic heterocycles. The van der Waals surface area contributed by atoms with Crippen LogP contribution in [0.4, 0.5) is 55.3 Å². The lowest BCUT2D eigenvalue weighted by Crippen LogP contribution is -2.59. The number of carbonyl (C=O) groups is 2. The summed E-state index contributed by atoms with van der Waals surface area (Å²) in [7, 11) is 0. The Morgan fingerprint density at radius 2 is 1.31 bits per heavy atom. The summed E-state index contributed by atoms with van der Waals surface area (Å²) in [4.78, 5) is 25.2. The number of hydrogen-bond acceptors (Lipinski definition) is 3. The largest absolute Gasteiger partial charge is 0.457 e. The third kappa shape index (κ3) is 5.95. The molecule has 1 unspecified atom stereocenters. The fourth-order valence-corrected chi connectivity index (χ4v) is 4.87. The van der Waals surface area contributed by atoms with Gasteiger partial charge in [-0.3, -0.25) is 9.59 Å². The Morgan fingerprint density at radius 3 is 1.79 bits per heavy atom. The highest BCUT2D eigenvalue weighted by Crippen LogP contribution is 2.59. The van der Waals surface area contributed by atoms with Crippen molar-refractivity contribution in [2.24, 2.45) is 0 Å². The van der Waals surface area contributed by atoms with E-state index in [1.807, 2.05) is 11.4 Å². The van der Waals surface area contributed by atoms with Gasteiger partial charge in [-0.25, -0.2) is 8.78 Å². The first-order valence-corrected chi connectivity index (χ1v) is 12.5. The second-order valence-corrected chi connectivity index (χ2v) is 10.0. The number of halogens is 12.